The van der Waals surface area contributed by atoms with Gasteiger partial charge in [-0.25, -0.2) is 13.2 Å². The van der Waals surface area contributed by atoms with Crippen LogP contribution in [-0.2, 0) is 6.42 Å². The van der Waals surface area contributed by atoms with Crippen molar-refractivity contribution >= 4 is 0 Å². The second kappa shape index (κ2) is 5.07. The Balaban J connectivity index is 1.98. The molecule has 0 aliphatic carbocycles. The molecule has 2 aromatic carbocycles. The third kappa shape index (κ3) is 2.38. The predicted octanol–water partition coefficient (Wildman–Crippen LogP) is 3.48. The average Bonchev–Trinajstić information content (AvgIpc) is 2.83. The average molecular weight is 293 g/mol. The van der Waals surface area contributed by atoms with Crippen molar-refractivity contribution in [1.82, 2.24) is 0 Å². The summed E-state index contributed by atoms with van der Waals surface area (Å²) in [5.41, 5.74) is 7.55. The first kappa shape index (κ1) is 13.9. The third-order valence-corrected chi connectivity index (χ3v) is 3.68. The summed E-state index contributed by atoms with van der Waals surface area (Å²) in [5.74, 6) is -3.18. The van der Waals surface area contributed by atoms with Gasteiger partial charge in [-0.2, -0.15) is 0 Å². The quantitative estimate of drug-likeness (QED) is 0.860. The Bertz CT molecular complexity index is 702. The second-order valence-electron chi connectivity index (χ2n) is 5.24. The molecule has 1 heterocycles. The van der Waals surface area contributed by atoms with Gasteiger partial charge < -0.3 is 10.5 Å². The lowest BCUT2D eigenvalue weighted by Crippen LogP contribution is -2.15. The van der Waals surface area contributed by atoms with Crippen LogP contribution < -0.4 is 10.5 Å². The Morgan fingerprint density at radius 3 is 2.67 bits per heavy atom. The monoisotopic (exact) mass is 293 g/mol. The van der Waals surface area contributed by atoms with Crippen LogP contribution in [-0.4, -0.2) is 6.10 Å². The summed E-state index contributed by atoms with van der Waals surface area (Å²) < 4.78 is 45.7. The van der Waals surface area contributed by atoms with Crippen molar-refractivity contribution in [3.8, 4) is 5.75 Å². The number of hydrogen-bond acceptors (Lipinski definition) is 2. The Morgan fingerprint density at radius 2 is 1.90 bits per heavy atom. The predicted molar refractivity (Wildman–Crippen MR) is 72.6 cm³/mol. The molecule has 0 saturated heterocycles. The largest absolute Gasteiger partial charge is 0.490 e. The number of halogens is 3. The Morgan fingerprint density at radius 1 is 1.14 bits per heavy atom. The molecule has 0 fully saturated rings. The number of rotatable bonds is 2. The molecule has 0 radical (unpaired) electrons. The summed E-state index contributed by atoms with van der Waals surface area (Å²) in [6.45, 7) is 1.95. The zero-order valence-electron chi connectivity index (χ0n) is 11.4. The zero-order valence-corrected chi connectivity index (χ0v) is 11.4. The van der Waals surface area contributed by atoms with Gasteiger partial charge in [-0.15, -0.1) is 0 Å². The topological polar surface area (TPSA) is 35.2 Å². The van der Waals surface area contributed by atoms with Crippen molar-refractivity contribution < 1.29 is 17.9 Å². The number of benzene rings is 2. The molecule has 2 nitrogen and oxygen atoms in total. The van der Waals surface area contributed by atoms with Crippen molar-refractivity contribution in [2.75, 3.05) is 0 Å². The van der Waals surface area contributed by atoms with Crippen molar-refractivity contribution in [3.63, 3.8) is 0 Å². The van der Waals surface area contributed by atoms with Crippen LogP contribution in [0.15, 0.2) is 30.3 Å². The van der Waals surface area contributed by atoms with E-state index >= 15 is 0 Å². The lowest BCUT2D eigenvalue weighted by Gasteiger charge is -2.15. The Labute approximate surface area is 120 Å². The highest BCUT2D eigenvalue weighted by molar-refractivity contribution is 5.44. The molecule has 0 spiro atoms. The van der Waals surface area contributed by atoms with E-state index in [0.717, 1.165) is 23.8 Å². The molecule has 2 atom stereocenters. The molecule has 110 valence electrons. The summed E-state index contributed by atoms with van der Waals surface area (Å²) in [6, 6.07) is 6.50. The van der Waals surface area contributed by atoms with Gasteiger partial charge in [0.05, 0.1) is 6.04 Å². The molecule has 5 heteroatoms. The van der Waals surface area contributed by atoms with Crippen LogP contribution in [0.2, 0.25) is 0 Å². The van der Waals surface area contributed by atoms with Crippen molar-refractivity contribution in [2.45, 2.75) is 25.5 Å². The van der Waals surface area contributed by atoms with Gasteiger partial charge >= 0.3 is 0 Å². The SMILES string of the molecule is CC1Cc2cc(C(N)c3ccc(F)c(F)c3F)ccc2O1. The van der Waals surface area contributed by atoms with Gasteiger partial charge in [-0.1, -0.05) is 18.2 Å². The molecule has 0 saturated carbocycles. The number of hydrogen-bond donors (Lipinski definition) is 1. The van der Waals surface area contributed by atoms with Crippen LogP contribution in [0.25, 0.3) is 0 Å². The van der Waals surface area contributed by atoms with Crippen LogP contribution >= 0.6 is 0 Å². The van der Waals surface area contributed by atoms with Crippen LogP contribution in [0.4, 0.5) is 13.2 Å². The summed E-state index contributed by atoms with van der Waals surface area (Å²) in [6.07, 6.45) is 0.836. The molecular weight excluding hydrogens is 279 g/mol. The highest BCUT2D eigenvalue weighted by Gasteiger charge is 2.23. The molecule has 0 aromatic heterocycles. The fourth-order valence-electron chi connectivity index (χ4n) is 2.60. The van der Waals surface area contributed by atoms with E-state index in [9.17, 15) is 13.2 Å². The fraction of sp³-hybridized carbons (Fsp3) is 0.250. The summed E-state index contributed by atoms with van der Waals surface area (Å²) in [7, 11) is 0. The van der Waals surface area contributed by atoms with Gasteiger partial charge in [-0.3, -0.25) is 0 Å². The van der Waals surface area contributed by atoms with E-state index in [-0.39, 0.29) is 11.7 Å². The molecule has 2 aromatic rings. The maximum Gasteiger partial charge on any atom is 0.194 e. The van der Waals surface area contributed by atoms with Gasteiger partial charge in [0.1, 0.15) is 11.9 Å². The number of nitrogens with two attached hydrogens (primary N) is 1. The number of fused-ring (bicyclic) bond motifs is 1. The van der Waals surface area contributed by atoms with Gasteiger partial charge in [0, 0.05) is 12.0 Å². The van der Waals surface area contributed by atoms with Crippen molar-refractivity contribution in [3.05, 3.63) is 64.5 Å². The van der Waals surface area contributed by atoms with Crippen LogP contribution in [0, 0.1) is 17.5 Å². The van der Waals surface area contributed by atoms with E-state index in [2.05, 4.69) is 0 Å². The smallest absolute Gasteiger partial charge is 0.194 e. The summed E-state index contributed by atoms with van der Waals surface area (Å²) >= 11 is 0. The van der Waals surface area contributed by atoms with E-state index < -0.39 is 23.5 Å². The van der Waals surface area contributed by atoms with Gasteiger partial charge in [-0.05, 0) is 30.2 Å². The van der Waals surface area contributed by atoms with E-state index in [1.807, 2.05) is 13.0 Å². The fourth-order valence-corrected chi connectivity index (χ4v) is 2.60. The van der Waals surface area contributed by atoms with Crippen molar-refractivity contribution in [2.24, 2.45) is 5.73 Å². The summed E-state index contributed by atoms with van der Waals surface area (Å²) in [5, 5.41) is 0. The zero-order chi connectivity index (χ0) is 15.1. The maximum atomic E-state index is 13.8. The molecule has 0 amide bonds. The minimum Gasteiger partial charge on any atom is -0.490 e. The van der Waals surface area contributed by atoms with Crippen molar-refractivity contribution in [1.29, 1.82) is 0 Å². The minimum absolute atomic E-state index is 0.0687. The van der Waals surface area contributed by atoms with Crippen LogP contribution in [0.1, 0.15) is 29.7 Å². The van der Waals surface area contributed by atoms with E-state index in [0.29, 0.717) is 5.56 Å². The van der Waals surface area contributed by atoms with Crippen LogP contribution in [0.5, 0.6) is 5.75 Å². The highest BCUT2D eigenvalue weighted by Crippen LogP contribution is 2.33. The first-order valence-corrected chi connectivity index (χ1v) is 6.66. The Kier molecular flexibility index (Phi) is 3.37. The Hall–Kier alpha value is -2.01. The number of ether oxygens (including phenoxy) is 1. The standard InChI is InChI=1S/C16H14F3NO/c1-8-6-10-7-9(2-5-13(10)21-8)16(20)11-3-4-12(17)15(19)14(11)18/h2-5,7-8,16H,6,20H2,1H3. The van der Waals surface area contributed by atoms with E-state index in [1.54, 1.807) is 12.1 Å². The highest BCUT2D eigenvalue weighted by atomic mass is 19.2. The molecule has 21 heavy (non-hydrogen) atoms. The molecule has 2 unspecified atom stereocenters. The normalized spacial score (nSPS) is 18.2. The first-order valence-electron chi connectivity index (χ1n) is 6.66. The first-order chi connectivity index (χ1) is 9.97. The molecule has 2 N–H and O–H groups in total. The van der Waals surface area contributed by atoms with Gasteiger partial charge in [0.2, 0.25) is 0 Å². The van der Waals surface area contributed by atoms with E-state index in [1.165, 1.54) is 6.07 Å². The lowest BCUT2D eigenvalue weighted by molar-refractivity contribution is 0.254. The summed E-state index contributed by atoms with van der Waals surface area (Å²) in [4.78, 5) is 0. The minimum atomic E-state index is -1.50. The van der Waals surface area contributed by atoms with Gasteiger partial charge in [0.25, 0.3) is 0 Å². The second-order valence-corrected chi connectivity index (χ2v) is 5.24. The van der Waals surface area contributed by atoms with Gasteiger partial charge in [0.15, 0.2) is 17.5 Å². The molecule has 0 bridgehead atoms. The maximum absolute atomic E-state index is 13.8. The van der Waals surface area contributed by atoms with E-state index in [4.69, 9.17) is 10.5 Å². The molecule has 1 aliphatic heterocycles. The third-order valence-electron chi connectivity index (χ3n) is 3.68. The van der Waals surface area contributed by atoms with Crippen LogP contribution in [0.3, 0.4) is 0 Å². The lowest BCUT2D eigenvalue weighted by atomic mass is 9.96. The molecular formula is C16H14F3NO. The molecule has 1 aliphatic rings. The molecule has 3 rings (SSSR count).